The number of nitrogens with two attached hydrogens (primary N) is 1. The predicted octanol–water partition coefficient (Wildman–Crippen LogP) is 0.253. The third kappa shape index (κ3) is 4.75. The van der Waals surface area contributed by atoms with E-state index in [0.29, 0.717) is 19.4 Å². The molecule has 0 rings (SSSR count). The summed E-state index contributed by atoms with van der Waals surface area (Å²) in [4.78, 5) is 11.0. The lowest BCUT2D eigenvalue weighted by Gasteiger charge is -2.08. The van der Waals surface area contributed by atoms with Crippen molar-refractivity contribution in [1.29, 1.82) is 0 Å². The molecule has 0 spiro atoms. The lowest BCUT2D eigenvalue weighted by molar-refractivity contribution is -0.122. The molecule has 0 aliphatic rings. The van der Waals surface area contributed by atoms with Gasteiger partial charge in [0.05, 0.1) is 6.04 Å². The zero-order valence-electron chi connectivity index (χ0n) is 7.47. The first kappa shape index (κ1) is 11.0. The highest BCUT2D eigenvalue weighted by Crippen LogP contribution is 1.87. The maximum atomic E-state index is 11.0. The molecular formula is C9H16N2O. The molecule has 3 nitrogen and oxygen atoms in total. The van der Waals surface area contributed by atoms with E-state index >= 15 is 0 Å². The minimum absolute atomic E-state index is 0.0884. The second-order valence-electron chi connectivity index (χ2n) is 2.61. The van der Waals surface area contributed by atoms with Gasteiger partial charge < -0.3 is 11.1 Å². The highest BCUT2D eigenvalue weighted by atomic mass is 16.2. The van der Waals surface area contributed by atoms with Crippen LogP contribution in [0, 0.1) is 12.3 Å². The van der Waals surface area contributed by atoms with Crippen LogP contribution in [0.4, 0.5) is 0 Å². The van der Waals surface area contributed by atoms with Gasteiger partial charge in [0.25, 0.3) is 0 Å². The molecule has 0 heterocycles. The Bertz CT molecular complexity index is 172. The monoisotopic (exact) mass is 168 g/mol. The fraction of sp³-hybridized carbons (Fsp3) is 0.667. The van der Waals surface area contributed by atoms with Crippen molar-refractivity contribution < 1.29 is 4.79 Å². The molecule has 0 aliphatic heterocycles. The van der Waals surface area contributed by atoms with Crippen molar-refractivity contribution in [3.8, 4) is 12.3 Å². The smallest absolute Gasteiger partial charge is 0.236 e. The summed E-state index contributed by atoms with van der Waals surface area (Å²) in [5.41, 5.74) is 5.48. The molecular weight excluding hydrogens is 152 g/mol. The average molecular weight is 168 g/mol. The summed E-state index contributed by atoms with van der Waals surface area (Å²) in [6.07, 6.45) is 7.23. The minimum Gasteiger partial charge on any atom is -0.355 e. The number of hydrogen-bond acceptors (Lipinski definition) is 2. The highest BCUT2D eigenvalue weighted by molar-refractivity contribution is 5.81. The van der Waals surface area contributed by atoms with Crippen molar-refractivity contribution in [2.24, 2.45) is 5.73 Å². The van der Waals surface area contributed by atoms with Crippen molar-refractivity contribution in [2.45, 2.75) is 32.2 Å². The molecule has 1 amide bonds. The molecule has 68 valence electrons. The number of unbranched alkanes of at least 4 members (excludes halogenated alkanes) is 1. The molecule has 0 saturated heterocycles. The van der Waals surface area contributed by atoms with E-state index in [9.17, 15) is 4.79 Å². The number of terminal acetylenes is 1. The lowest BCUT2D eigenvalue weighted by atomic mass is 10.2. The first-order valence-electron chi connectivity index (χ1n) is 4.19. The van der Waals surface area contributed by atoms with Crippen LogP contribution in [0.3, 0.4) is 0 Å². The molecule has 3 N–H and O–H groups in total. The van der Waals surface area contributed by atoms with Crippen LogP contribution < -0.4 is 11.1 Å². The summed E-state index contributed by atoms with van der Waals surface area (Å²) in [7, 11) is 0. The van der Waals surface area contributed by atoms with E-state index in [0.717, 1.165) is 6.42 Å². The minimum atomic E-state index is -0.379. The Balaban J connectivity index is 3.39. The van der Waals surface area contributed by atoms with E-state index < -0.39 is 0 Å². The third-order valence-corrected chi connectivity index (χ3v) is 1.57. The van der Waals surface area contributed by atoms with Gasteiger partial charge in [-0.15, -0.1) is 12.3 Å². The van der Waals surface area contributed by atoms with E-state index in [1.165, 1.54) is 0 Å². The Morgan fingerprint density at radius 2 is 2.42 bits per heavy atom. The largest absolute Gasteiger partial charge is 0.355 e. The van der Waals surface area contributed by atoms with E-state index in [1.807, 2.05) is 6.92 Å². The van der Waals surface area contributed by atoms with Crippen LogP contribution in [0.1, 0.15) is 26.2 Å². The Hall–Kier alpha value is -1.01. The van der Waals surface area contributed by atoms with Gasteiger partial charge in [-0.1, -0.05) is 6.92 Å². The van der Waals surface area contributed by atoms with Crippen molar-refractivity contribution in [3.63, 3.8) is 0 Å². The maximum absolute atomic E-state index is 11.0. The van der Waals surface area contributed by atoms with Crippen molar-refractivity contribution in [1.82, 2.24) is 5.32 Å². The highest BCUT2D eigenvalue weighted by Gasteiger charge is 2.08. The Labute approximate surface area is 73.7 Å². The first-order chi connectivity index (χ1) is 5.72. The molecule has 3 heteroatoms. The molecule has 0 radical (unpaired) electrons. The van der Waals surface area contributed by atoms with E-state index in [2.05, 4.69) is 11.2 Å². The normalized spacial score (nSPS) is 11.8. The number of carbonyl (C=O) groups is 1. The summed E-state index contributed by atoms with van der Waals surface area (Å²) >= 11 is 0. The van der Waals surface area contributed by atoms with Crippen LogP contribution >= 0.6 is 0 Å². The molecule has 0 aromatic carbocycles. The van der Waals surface area contributed by atoms with Gasteiger partial charge in [-0.25, -0.2) is 0 Å². The Morgan fingerprint density at radius 1 is 1.75 bits per heavy atom. The van der Waals surface area contributed by atoms with Crippen LogP contribution in [0.25, 0.3) is 0 Å². The maximum Gasteiger partial charge on any atom is 0.236 e. The number of nitrogens with one attached hydrogen (secondary N) is 1. The van der Waals surface area contributed by atoms with Gasteiger partial charge in [0.1, 0.15) is 0 Å². The van der Waals surface area contributed by atoms with Crippen LogP contribution in [0.15, 0.2) is 0 Å². The number of carbonyl (C=O) groups excluding carboxylic acids is 1. The van der Waals surface area contributed by atoms with Gasteiger partial charge in [0.2, 0.25) is 5.91 Å². The standard InChI is InChI=1S/C9H16N2O/c1-3-5-6-7-11-9(12)8(10)4-2/h1,8H,4-7,10H2,2H3,(H,11,12). The SMILES string of the molecule is C#CCCCNC(=O)C(N)CC. The number of rotatable bonds is 5. The quantitative estimate of drug-likeness (QED) is 0.457. The van der Waals surface area contributed by atoms with Gasteiger partial charge >= 0.3 is 0 Å². The van der Waals surface area contributed by atoms with Gasteiger partial charge in [-0.2, -0.15) is 0 Å². The van der Waals surface area contributed by atoms with Gasteiger partial charge in [0.15, 0.2) is 0 Å². The van der Waals surface area contributed by atoms with E-state index in [1.54, 1.807) is 0 Å². The summed E-state index contributed by atoms with van der Waals surface area (Å²) in [6.45, 7) is 2.50. The van der Waals surface area contributed by atoms with Crippen molar-refractivity contribution >= 4 is 5.91 Å². The van der Waals surface area contributed by atoms with Crippen LogP contribution in [0.2, 0.25) is 0 Å². The summed E-state index contributed by atoms with van der Waals surface area (Å²) < 4.78 is 0. The van der Waals surface area contributed by atoms with Gasteiger partial charge in [-0.3, -0.25) is 4.79 Å². The van der Waals surface area contributed by atoms with Gasteiger partial charge in [0, 0.05) is 13.0 Å². The van der Waals surface area contributed by atoms with E-state index in [-0.39, 0.29) is 11.9 Å². The lowest BCUT2D eigenvalue weighted by Crippen LogP contribution is -2.40. The molecule has 0 saturated carbocycles. The second-order valence-corrected chi connectivity index (χ2v) is 2.61. The predicted molar refractivity (Wildman–Crippen MR) is 49.3 cm³/mol. The fourth-order valence-electron chi connectivity index (χ4n) is 0.719. The fourth-order valence-corrected chi connectivity index (χ4v) is 0.719. The zero-order chi connectivity index (χ0) is 9.40. The van der Waals surface area contributed by atoms with Crippen molar-refractivity contribution in [3.05, 3.63) is 0 Å². The molecule has 0 fully saturated rings. The van der Waals surface area contributed by atoms with Crippen LogP contribution in [-0.2, 0) is 4.79 Å². The summed E-state index contributed by atoms with van der Waals surface area (Å²) in [5, 5.41) is 2.71. The average Bonchev–Trinajstić information content (AvgIpc) is 2.10. The number of hydrogen-bond donors (Lipinski definition) is 2. The van der Waals surface area contributed by atoms with Crippen LogP contribution in [-0.4, -0.2) is 18.5 Å². The molecule has 1 unspecified atom stereocenters. The third-order valence-electron chi connectivity index (χ3n) is 1.57. The van der Waals surface area contributed by atoms with Crippen LogP contribution in [0.5, 0.6) is 0 Å². The molecule has 1 atom stereocenters. The second kappa shape index (κ2) is 6.68. The first-order valence-corrected chi connectivity index (χ1v) is 4.19. The molecule has 0 bridgehead atoms. The summed E-state index contributed by atoms with van der Waals surface area (Å²) in [6, 6.07) is -0.379. The molecule has 0 aliphatic carbocycles. The topological polar surface area (TPSA) is 55.1 Å². The molecule has 12 heavy (non-hydrogen) atoms. The molecule has 0 aromatic heterocycles. The summed E-state index contributed by atoms with van der Waals surface area (Å²) in [5.74, 6) is 2.41. The van der Waals surface area contributed by atoms with E-state index in [4.69, 9.17) is 12.2 Å². The molecule has 0 aromatic rings. The van der Waals surface area contributed by atoms with Crippen molar-refractivity contribution in [2.75, 3.05) is 6.54 Å². The zero-order valence-corrected chi connectivity index (χ0v) is 7.47. The Morgan fingerprint density at radius 3 is 2.92 bits per heavy atom. The number of amides is 1. The Kier molecular flexibility index (Phi) is 6.12. The van der Waals surface area contributed by atoms with Gasteiger partial charge in [-0.05, 0) is 12.8 Å².